The summed E-state index contributed by atoms with van der Waals surface area (Å²) >= 11 is 3.34. The van der Waals surface area contributed by atoms with Gasteiger partial charge in [-0.2, -0.15) is 0 Å². The normalized spacial score (nSPS) is 21.8. The number of hydrogen-bond donors (Lipinski definition) is 0. The third-order valence-electron chi connectivity index (χ3n) is 3.65. The summed E-state index contributed by atoms with van der Waals surface area (Å²) in [6.45, 7) is 7.61. The summed E-state index contributed by atoms with van der Waals surface area (Å²) in [5.74, 6) is 0. The van der Waals surface area contributed by atoms with E-state index in [1.54, 1.807) is 0 Å². The molecule has 0 saturated carbocycles. The SMILES string of the molecule is CC1(C)OB(/C(F)=C/c2ccc(Br)cc2)OC1(C)C. The average molecular weight is 327 g/mol. The second-order valence-electron chi connectivity index (χ2n) is 5.67. The number of benzene rings is 1. The van der Waals surface area contributed by atoms with Gasteiger partial charge in [0, 0.05) is 4.47 Å². The van der Waals surface area contributed by atoms with Crippen LogP contribution in [0.5, 0.6) is 0 Å². The first-order valence-corrected chi connectivity index (χ1v) is 6.99. The zero-order valence-electron chi connectivity index (χ0n) is 11.5. The third-order valence-corrected chi connectivity index (χ3v) is 4.18. The maximum atomic E-state index is 14.2. The van der Waals surface area contributed by atoms with Gasteiger partial charge in [0.1, 0.15) is 5.73 Å². The van der Waals surface area contributed by atoms with Crippen molar-refractivity contribution in [2.75, 3.05) is 0 Å². The third kappa shape index (κ3) is 3.10. The van der Waals surface area contributed by atoms with Gasteiger partial charge in [0.25, 0.3) is 0 Å². The highest BCUT2D eigenvalue weighted by atomic mass is 79.9. The van der Waals surface area contributed by atoms with Crippen LogP contribution in [0.15, 0.2) is 34.5 Å². The van der Waals surface area contributed by atoms with Crippen LogP contribution < -0.4 is 0 Å². The van der Waals surface area contributed by atoms with Gasteiger partial charge in [-0.05, 0) is 51.5 Å². The van der Waals surface area contributed by atoms with Crippen molar-refractivity contribution < 1.29 is 13.7 Å². The molecule has 1 aromatic rings. The lowest BCUT2D eigenvalue weighted by Gasteiger charge is -2.32. The maximum Gasteiger partial charge on any atom is 0.525 e. The van der Waals surface area contributed by atoms with Crippen molar-refractivity contribution >= 4 is 29.1 Å². The highest BCUT2D eigenvalue weighted by molar-refractivity contribution is 9.10. The fourth-order valence-corrected chi connectivity index (χ4v) is 2.01. The summed E-state index contributed by atoms with van der Waals surface area (Å²) in [6, 6.07) is 7.39. The first-order chi connectivity index (χ1) is 8.71. The molecule has 5 heteroatoms. The van der Waals surface area contributed by atoms with E-state index in [0.29, 0.717) is 0 Å². The van der Waals surface area contributed by atoms with Crippen LogP contribution in [0, 0.1) is 0 Å². The Kier molecular flexibility index (Phi) is 3.91. The van der Waals surface area contributed by atoms with Crippen molar-refractivity contribution in [2.45, 2.75) is 38.9 Å². The first-order valence-electron chi connectivity index (χ1n) is 6.20. The zero-order chi connectivity index (χ0) is 14.3. The van der Waals surface area contributed by atoms with E-state index >= 15 is 0 Å². The molecular formula is C14H17BBrFO2. The molecule has 0 amide bonds. The summed E-state index contributed by atoms with van der Waals surface area (Å²) in [5, 5.41) is 0. The zero-order valence-corrected chi connectivity index (χ0v) is 13.1. The van der Waals surface area contributed by atoms with Crippen LogP contribution in [0.1, 0.15) is 33.3 Å². The van der Waals surface area contributed by atoms with Gasteiger partial charge < -0.3 is 9.31 Å². The van der Waals surface area contributed by atoms with E-state index < -0.39 is 24.0 Å². The van der Waals surface area contributed by atoms with Gasteiger partial charge in [-0.3, -0.25) is 0 Å². The van der Waals surface area contributed by atoms with Gasteiger partial charge in [0.15, 0.2) is 0 Å². The molecule has 1 aliphatic rings. The van der Waals surface area contributed by atoms with Crippen molar-refractivity contribution in [1.29, 1.82) is 0 Å². The van der Waals surface area contributed by atoms with E-state index in [1.807, 2.05) is 52.0 Å². The summed E-state index contributed by atoms with van der Waals surface area (Å²) in [4.78, 5) is 0. The van der Waals surface area contributed by atoms with Gasteiger partial charge in [-0.15, -0.1) is 0 Å². The standard InChI is InChI=1S/C14H17BBrFO2/c1-13(2)14(3,4)19-15(18-13)12(17)9-10-5-7-11(16)8-6-10/h5-9H,1-4H3/b12-9-. The van der Waals surface area contributed by atoms with E-state index in [9.17, 15) is 4.39 Å². The van der Waals surface area contributed by atoms with Crippen molar-refractivity contribution in [3.05, 3.63) is 40.0 Å². The molecule has 19 heavy (non-hydrogen) atoms. The molecule has 1 aliphatic heterocycles. The van der Waals surface area contributed by atoms with Crippen LogP contribution in [0.25, 0.3) is 6.08 Å². The predicted octanol–water partition coefficient (Wildman–Crippen LogP) is 4.39. The lowest BCUT2D eigenvalue weighted by atomic mass is 9.87. The summed E-state index contributed by atoms with van der Waals surface area (Å²) < 4.78 is 26.4. The van der Waals surface area contributed by atoms with Crippen LogP contribution in [0.2, 0.25) is 0 Å². The molecule has 0 radical (unpaired) electrons. The predicted molar refractivity (Wildman–Crippen MR) is 79.3 cm³/mol. The molecule has 2 nitrogen and oxygen atoms in total. The molecule has 1 heterocycles. The lowest BCUT2D eigenvalue weighted by Crippen LogP contribution is -2.41. The monoisotopic (exact) mass is 326 g/mol. The average Bonchev–Trinajstić information content (AvgIpc) is 2.51. The molecular weight excluding hydrogens is 310 g/mol. The van der Waals surface area contributed by atoms with E-state index in [-0.39, 0.29) is 0 Å². The Morgan fingerprint density at radius 1 is 1.11 bits per heavy atom. The smallest absolute Gasteiger partial charge is 0.398 e. The van der Waals surface area contributed by atoms with Crippen LogP contribution >= 0.6 is 15.9 Å². The molecule has 0 atom stereocenters. The Morgan fingerprint density at radius 2 is 1.58 bits per heavy atom. The van der Waals surface area contributed by atoms with Gasteiger partial charge >= 0.3 is 7.12 Å². The van der Waals surface area contributed by atoms with Crippen LogP contribution in [-0.4, -0.2) is 18.3 Å². The quantitative estimate of drug-likeness (QED) is 0.750. The number of hydrogen-bond acceptors (Lipinski definition) is 2. The fraction of sp³-hybridized carbons (Fsp3) is 0.429. The molecule has 2 rings (SSSR count). The molecule has 1 aromatic carbocycles. The molecule has 0 aliphatic carbocycles. The van der Waals surface area contributed by atoms with Gasteiger partial charge in [-0.1, -0.05) is 28.1 Å². The Balaban J connectivity index is 2.17. The lowest BCUT2D eigenvalue weighted by molar-refractivity contribution is 0.00578. The van der Waals surface area contributed by atoms with Crippen molar-refractivity contribution in [3.63, 3.8) is 0 Å². The summed E-state index contributed by atoms with van der Waals surface area (Å²) in [6.07, 6.45) is 1.44. The van der Waals surface area contributed by atoms with Crippen LogP contribution in [-0.2, 0) is 9.31 Å². The number of halogens is 2. The van der Waals surface area contributed by atoms with Crippen molar-refractivity contribution in [1.82, 2.24) is 0 Å². The minimum absolute atomic E-state index is 0.416. The minimum atomic E-state index is -0.936. The second kappa shape index (κ2) is 5.04. The Morgan fingerprint density at radius 3 is 2.05 bits per heavy atom. The molecule has 1 fully saturated rings. The molecule has 0 aromatic heterocycles. The van der Waals surface area contributed by atoms with Crippen molar-refractivity contribution in [3.8, 4) is 0 Å². The molecule has 0 spiro atoms. The minimum Gasteiger partial charge on any atom is -0.398 e. The number of rotatable bonds is 2. The van der Waals surface area contributed by atoms with Crippen molar-refractivity contribution in [2.24, 2.45) is 0 Å². The van der Waals surface area contributed by atoms with Crippen LogP contribution in [0.4, 0.5) is 4.39 Å². The highest BCUT2D eigenvalue weighted by Gasteiger charge is 2.52. The van der Waals surface area contributed by atoms with Crippen LogP contribution in [0.3, 0.4) is 0 Å². The maximum absolute atomic E-state index is 14.2. The largest absolute Gasteiger partial charge is 0.525 e. The van der Waals surface area contributed by atoms with E-state index in [4.69, 9.17) is 9.31 Å². The van der Waals surface area contributed by atoms with Gasteiger partial charge in [0.05, 0.1) is 11.2 Å². The van der Waals surface area contributed by atoms with E-state index in [2.05, 4.69) is 15.9 Å². The molecule has 102 valence electrons. The van der Waals surface area contributed by atoms with E-state index in [1.165, 1.54) is 6.08 Å². The molecule has 0 N–H and O–H groups in total. The highest BCUT2D eigenvalue weighted by Crippen LogP contribution is 2.39. The summed E-state index contributed by atoms with van der Waals surface area (Å²) in [7, 11) is -0.936. The molecule has 0 bridgehead atoms. The molecule has 0 unspecified atom stereocenters. The van der Waals surface area contributed by atoms with Gasteiger partial charge in [0.2, 0.25) is 0 Å². The topological polar surface area (TPSA) is 18.5 Å². The Hall–Kier alpha value is -0.645. The summed E-state index contributed by atoms with van der Waals surface area (Å²) in [5.41, 5.74) is -0.693. The first kappa shape index (κ1) is 14.8. The van der Waals surface area contributed by atoms with E-state index in [0.717, 1.165) is 10.0 Å². The Labute approximate surface area is 122 Å². The fourth-order valence-electron chi connectivity index (χ4n) is 1.74. The van der Waals surface area contributed by atoms with Gasteiger partial charge in [-0.25, -0.2) is 4.39 Å². The second-order valence-corrected chi connectivity index (χ2v) is 6.58. The Bertz CT molecular complexity index is 481. The molecule has 1 saturated heterocycles.